The Morgan fingerprint density at radius 1 is 1.15 bits per heavy atom. The lowest BCUT2D eigenvalue weighted by molar-refractivity contribution is -0.0440. The summed E-state index contributed by atoms with van der Waals surface area (Å²) in [6.45, 7) is 6.79. The van der Waals surface area contributed by atoms with Gasteiger partial charge in [-0.15, -0.1) is 0 Å². The summed E-state index contributed by atoms with van der Waals surface area (Å²) >= 11 is 0. The van der Waals surface area contributed by atoms with Gasteiger partial charge in [0.25, 0.3) is 5.91 Å². The van der Waals surface area contributed by atoms with Crippen LogP contribution in [0.1, 0.15) is 24.2 Å². The number of sulfonamides is 1. The van der Waals surface area contributed by atoms with Crippen molar-refractivity contribution in [3.63, 3.8) is 0 Å². The van der Waals surface area contributed by atoms with E-state index in [1.807, 2.05) is 18.7 Å². The van der Waals surface area contributed by atoms with Crippen LogP contribution in [0.2, 0.25) is 0 Å². The summed E-state index contributed by atoms with van der Waals surface area (Å²) < 4.78 is 38.7. The molecule has 150 valence electrons. The molecule has 0 saturated carbocycles. The Balaban J connectivity index is 1.97. The molecule has 2 atom stereocenters. The second-order valence-electron chi connectivity index (χ2n) is 6.94. The number of hydrogen-bond acceptors (Lipinski definition) is 6. The van der Waals surface area contributed by atoms with Crippen LogP contribution in [0, 0.1) is 0 Å². The highest BCUT2D eigenvalue weighted by atomic mass is 32.2. The number of ether oxygens (including phenoxy) is 2. The molecule has 27 heavy (non-hydrogen) atoms. The number of carbonyl (C=O) groups is 1. The molecule has 2 aliphatic rings. The third kappa shape index (κ3) is 4.26. The third-order valence-corrected chi connectivity index (χ3v) is 6.64. The van der Waals surface area contributed by atoms with Gasteiger partial charge in [-0.25, -0.2) is 8.42 Å². The summed E-state index contributed by atoms with van der Waals surface area (Å²) in [5.41, 5.74) is 1.08. The molecule has 9 heteroatoms. The number of nitrogens with zero attached hydrogens (tertiary/aromatic N) is 2. The van der Waals surface area contributed by atoms with Crippen molar-refractivity contribution in [2.24, 2.45) is 0 Å². The molecule has 0 bridgehead atoms. The highest BCUT2D eigenvalue weighted by Crippen LogP contribution is 2.28. The van der Waals surface area contributed by atoms with Crippen LogP contribution in [0.4, 0.5) is 5.69 Å². The van der Waals surface area contributed by atoms with E-state index in [-0.39, 0.29) is 23.0 Å². The Labute approximate surface area is 160 Å². The lowest BCUT2D eigenvalue weighted by atomic mass is 10.1. The summed E-state index contributed by atoms with van der Waals surface area (Å²) in [5, 5.41) is 2.61. The van der Waals surface area contributed by atoms with Crippen molar-refractivity contribution in [1.82, 2.24) is 9.62 Å². The summed E-state index contributed by atoms with van der Waals surface area (Å²) in [4.78, 5) is 14.6. The molecule has 2 fully saturated rings. The fourth-order valence-electron chi connectivity index (χ4n) is 3.55. The van der Waals surface area contributed by atoms with Gasteiger partial charge in [0, 0.05) is 38.9 Å². The van der Waals surface area contributed by atoms with Crippen LogP contribution >= 0.6 is 0 Å². The number of nitrogens with one attached hydrogen (secondary N) is 1. The first-order valence-corrected chi connectivity index (χ1v) is 10.6. The lowest BCUT2D eigenvalue weighted by Gasteiger charge is -2.34. The summed E-state index contributed by atoms with van der Waals surface area (Å²) in [6, 6.07) is 4.78. The molecule has 2 saturated heterocycles. The van der Waals surface area contributed by atoms with E-state index in [1.54, 1.807) is 12.1 Å². The van der Waals surface area contributed by atoms with E-state index < -0.39 is 10.0 Å². The monoisotopic (exact) mass is 397 g/mol. The van der Waals surface area contributed by atoms with Crippen molar-refractivity contribution in [2.75, 3.05) is 51.3 Å². The molecule has 0 unspecified atom stereocenters. The van der Waals surface area contributed by atoms with Crippen molar-refractivity contribution >= 4 is 21.6 Å². The minimum atomic E-state index is -3.71. The normalized spacial score (nSPS) is 24.6. The maximum Gasteiger partial charge on any atom is 0.253 e. The predicted molar refractivity (Wildman–Crippen MR) is 102 cm³/mol. The second-order valence-corrected chi connectivity index (χ2v) is 8.87. The van der Waals surface area contributed by atoms with Gasteiger partial charge >= 0.3 is 0 Å². The zero-order chi connectivity index (χ0) is 19.6. The number of amides is 1. The fourth-order valence-corrected chi connectivity index (χ4v) is 5.17. The maximum atomic E-state index is 13.1. The van der Waals surface area contributed by atoms with Crippen molar-refractivity contribution in [1.29, 1.82) is 0 Å². The zero-order valence-electron chi connectivity index (χ0n) is 16.0. The highest BCUT2D eigenvalue weighted by molar-refractivity contribution is 7.89. The smallest absolute Gasteiger partial charge is 0.253 e. The van der Waals surface area contributed by atoms with E-state index in [1.165, 1.54) is 17.4 Å². The molecule has 1 N–H and O–H groups in total. The van der Waals surface area contributed by atoms with E-state index in [0.717, 1.165) is 5.69 Å². The third-order valence-electron chi connectivity index (χ3n) is 4.82. The Hall–Kier alpha value is -1.68. The van der Waals surface area contributed by atoms with Crippen LogP contribution in [0.5, 0.6) is 0 Å². The number of rotatable bonds is 4. The molecule has 1 aromatic rings. The van der Waals surface area contributed by atoms with E-state index >= 15 is 0 Å². The van der Waals surface area contributed by atoms with Crippen LogP contribution in [0.25, 0.3) is 0 Å². The SMILES string of the molecule is CNC(=O)c1cc(S(=O)(=O)N2C[C@@H](C)O[C@@H](C)C2)ccc1N1CCOCC1. The Morgan fingerprint density at radius 2 is 1.78 bits per heavy atom. The first-order valence-electron chi connectivity index (χ1n) is 9.17. The first-order chi connectivity index (χ1) is 12.8. The van der Waals surface area contributed by atoms with Crippen molar-refractivity contribution in [2.45, 2.75) is 31.0 Å². The van der Waals surface area contributed by atoms with Crippen LogP contribution in [-0.2, 0) is 19.5 Å². The first kappa shape index (κ1) is 20.1. The van der Waals surface area contributed by atoms with Crippen LogP contribution < -0.4 is 10.2 Å². The van der Waals surface area contributed by atoms with Gasteiger partial charge in [0.15, 0.2) is 0 Å². The standard InChI is InChI=1S/C18H27N3O5S/c1-13-11-21(12-14(2)26-13)27(23,24)15-4-5-17(16(10-15)18(22)19-3)20-6-8-25-9-7-20/h4-5,10,13-14H,6-9,11-12H2,1-3H3,(H,19,22)/t13-,14+. The molecule has 0 radical (unpaired) electrons. The minimum Gasteiger partial charge on any atom is -0.378 e. The topological polar surface area (TPSA) is 88.2 Å². The van der Waals surface area contributed by atoms with Gasteiger partial charge in [0.05, 0.1) is 35.9 Å². The van der Waals surface area contributed by atoms with Crippen LogP contribution in [0.15, 0.2) is 23.1 Å². The number of carbonyl (C=O) groups excluding carboxylic acids is 1. The van der Waals surface area contributed by atoms with Crippen molar-refractivity contribution in [3.05, 3.63) is 23.8 Å². The van der Waals surface area contributed by atoms with Crippen LogP contribution in [0.3, 0.4) is 0 Å². The second kappa shape index (κ2) is 8.14. The molecule has 0 aromatic heterocycles. The molecule has 0 aliphatic carbocycles. The maximum absolute atomic E-state index is 13.1. The molecular formula is C18H27N3O5S. The number of anilines is 1. The zero-order valence-corrected chi connectivity index (χ0v) is 16.8. The van der Waals surface area contributed by atoms with Gasteiger partial charge in [-0.3, -0.25) is 4.79 Å². The van der Waals surface area contributed by atoms with E-state index in [9.17, 15) is 13.2 Å². The van der Waals surface area contributed by atoms with E-state index in [2.05, 4.69) is 5.32 Å². The Bertz CT molecular complexity index is 782. The van der Waals surface area contributed by atoms with Crippen molar-refractivity contribution in [3.8, 4) is 0 Å². The molecule has 1 aromatic carbocycles. The number of hydrogen-bond donors (Lipinski definition) is 1. The Kier molecular flexibility index (Phi) is 6.05. The largest absolute Gasteiger partial charge is 0.378 e. The molecule has 2 aliphatic heterocycles. The quantitative estimate of drug-likeness (QED) is 0.804. The predicted octanol–water partition coefficient (Wildman–Crippen LogP) is 0.681. The average molecular weight is 397 g/mol. The van der Waals surface area contributed by atoms with Gasteiger partial charge in [-0.2, -0.15) is 4.31 Å². The van der Waals surface area contributed by atoms with Gasteiger partial charge in [0.1, 0.15) is 0 Å². The molecule has 8 nitrogen and oxygen atoms in total. The van der Waals surface area contributed by atoms with Crippen molar-refractivity contribution < 1.29 is 22.7 Å². The molecular weight excluding hydrogens is 370 g/mol. The number of benzene rings is 1. The Morgan fingerprint density at radius 3 is 2.37 bits per heavy atom. The van der Waals surface area contributed by atoms with E-state index in [0.29, 0.717) is 45.0 Å². The molecule has 3 rings (SSSR count). The highest BCUT2D eigenvalue weighted by Gasteiger charge is 2.33. The van der Waals surface area contributed by atoms with Crippen LogP contribution in [-0.4, -0.2) is 77.3 Å². The minimum absolute atomic E-state index is 0.124. The fraction of sp³-hybridized carbons (Fsp3) is 0.611. The molecule has 1 amide bonds. The summed E-state index contributed by atoms with van der Waals surface area (Å²) in [6.07, 6.45) is -0.343. The number of morpholine rings is 2. The van der Waals surface area contributed by atoms with Gasteiger partial charge in [0.2, 0.25) is 10.0 Å². The van der Waals surface area contributed by atoms with Gasteiger partial charge in [-0.1, -0.05) is 0 Å². The van der Waals surface area contributed by atoms with Gasteiger partial charge < -0.3 is 19.7 Å². The van der Waals surface area contributed by atoms with E-state index in [4.69, 9.17) is 9.47 Å². The summed E-state index contributed by atoms with van der Waals surface area (Å²) in [5.74, 6) is -0.308. The molecule has 2 heterocycles. The molecule has 0 spiro atoms. The average Bonchev–Trinajstić information content (AvgIpc) is 2.66. The lowest BCUT2D eigenvalue weighted by Crippen LogP contribution is -2.48. The van der Waals surface area contributed by atoms with Gasteiger partial charge in [-0.05, 0) is 32.0 Å². The summed E-state index contributed by atoms with van der Waals surface area (Å²) in [7, 11) is -2.17.